The molecule has 2 rings (SSSR count). The summed E-state index contributed by atoms with van der Waals surface area (Å²) in [5, 5.41) is 3.29. The molecule has 1 fully saturated rings. The Bertz CT molecular complexity index is 286. The maximum absolute atomic E-state index is 5.88. The molecule has 2 N–H and O–H groups in total. The molecule has 2 unspecified atom stereocenters. The third-order valence-corrected chi connectivity index (χ3v) is 4.11. The summed E-state index contributed by atoms with van der Waals surface area (Å²) < 4.78 is 0. The van der Waals surface area contributed by atoms with Crippen molar-refractivity contribution in [3.63, 3.8) is 0 Å². The van der Waals surface area contributed by atoms with Gasteiger partial charge < -0.3 is 5.73 Å². The van der Waals surface area contributed by atoms with E-state index in [2.05, 4.69) is 22.3 Å². The maximum atomic E-state index is 5.88. The molecule has 1 aliphatic heterocycles. The van der Waals surface area contributed by atoms with Crippen LogP contribution in [-0.2, 0) is 0 Å². The van der Waals surface area contributed by atoms with Crippen molar-refractivity contribution in [2.75, 3.05) is 20.1 Å². The van der Waals surface area contributed by atoms with E-state index in [0.717, 1.165) is 6.54 Å². The van der Waals surface area contributed by atoms with Crippen molar-refractivity contribution in [1.82, 2.24) is 9.88 Å². The highest BCUT2D eigenvalue weighted by Gasteiger charge is 2.29. The number of hydrogen-bond donors (Lipinski definition) is 1. The third kappa shape index (κ3) is 2.38. The lowest BCUT2D eigenvalue weighted by Crippen LogP contribution is -2.32. The molecule has 0 spiro atoms. The van der Waals surface area contributed by atoms with Crippen molar-refractivity contribution >= 4 is 11.3 Å². The van der Waals surface area contributed by atoms with Crippen LogP contribution in [0.15, 0.2) is 11.6 Å². The second-order valence-corrected chi connectivity index (χ2v) is 5.21. The van der Waals surface area contributed by atoms with Gasteiger partial charge in [-0.2, -0.15) is 0 Å². The molecule has 0 bridgehead atoms. The standard InChI is InChI=1S/C11H19N3S/c1-14-6-3-2-4-9(8-12)10(14)11-13-5-7-15-11/h5,7,9-10H,2-4,6,8,12H2,1H3. The van der Waals surface area contributed by atoms with E-state index in [1.807, 2.05) is 6.20 Å². The molecule has 84 valence electrons. The van der Waals surface area contributed by atoms with Crippen LogP contribution in [0.1, 0.15) is 30.3 Å². The lowest BCUT2D eigenvalue weighted by Gasteiger charge is -2.29. The lowest BCUT2D eigenvalue weighted by molar-refractivity contribution is 0.195. The molecule has 2 atom stereocenters. The van der Waals surface area contributed by atoms with Gasteiger partial charge in [0, 0.05) is 11.6 Å². The number of nitrogens with two attached hydrogens (primary N) is 1. The Kier molecular flexibility index (Phi) is 3.72. The van der Waals surface area contributed by atoms with Gasteiger partial charge in [-0.25, -0.2) is 4.98 Å². The van der Waals surface area contributed by atoms with Crippen molar-refractivity contribution in [1.29, 1.82) is 0 Å². The highest BCUT2D eigenvalue weighted by atomic mass is 32.1. The van der Waals surface area contributed by atoms with Crippen LogP contribution in [0.4, 0.5) is 0 Å². The highest BCUT2D eigenvalue weighted by molar-refractivity contribution is 7.09. The SMILES string of the molecule is CN1CCCCC(CN)C1c1nccs1. The fraction of sp³-hybridized carbons (Fsp3) is 0.727. The van der Waals surface area contributed by atoms with E-state index in [-0.39, 0.29) is 0 Å². The fourth-order valence-corrected chi connectivity index (χ4v) is 3.34. The normalized spacial score (nSPS) is 28.9. The summed E-state index contributed by atoms with van der Waals surface area (Å²) in [6.45, 7) is 1.94. The summed E-state index contributed by atoms with van der Waals surface area (Å²) >= 11 is 1.75. The molecular formula is C11H19N3S. The van der Waals surface area contributed by atoms with Gasteiger partial charge in [0.15, 0.2) is 0 Å². The molecule has 0 aliphatic carbocycles. The smallest absolute Gasteiger partial charge is 0.110 e. The Labute approximate surface area is 95.3 Å². The number of hydrogen-bond acceptors (Lipinski definition) is 4. The second-order valence-electron chi connectivity index (χ2n) is 4.29. The lowest BCUT2D eigenvalue weighted by atomic mass is 9.95. The molecule has 1 aliphatic rings. The Morgan fingerprint density at radius 3 is 3.13 bits per heavy atom. The minimum atomic E-state index is 0.442. The maximum Gasteiger partial charge on any atom is 0.110 e. The van der Waals surface area contributed by atoms with Crippen LogP contribution in [0.3, 0.4) is 0 Å². The molecule has 0 aromatic carbocycles. The number of aromatic nitrogens is 1. The zero-order valence-electron chi connectivity index (χ0n) is 9.22. The molecule has 4 heteroatoms. The quantitative estimate of drug-likeness (QED) is 0.835. The monoisotopic (exact) mass is 225 g/mol. The van der Waals surface area contributed by atoms with E-state index in [1.165, 1.54) is 30.8 Å². The van der Waals surface area contributed by atoms with Gasteiger partial charge in [-0.05, 0) is 38.9 Å². The van der Waals surface area contributed by atoms with E-state index >= 15 is 0 Å². The van der Waals surface area contributed by atoms with Crippen LogP contribution in [0.2, 0.25) is 0 Å². The molecule has 0 amide bonds. The van der Waals surface area contributed by atoms with Gasteiger partial charge in [-0.15, -0.1) is 11.3 Å². The highest BCUT2D eigenvalue weighted by Crippen LogP contribution is 2.34. The first-order valence-electron chi connectivity index (χ1n) is 5.62. The van der Waals surface area contributed by atoms with Crippen molar-refractivity contribution in [2.45, 2.75) is 25.3 Å². The average molecular weight is 225 g/mol. The van der Waals surface area contributed by atoms with Gasteiger partial charge >= 0.3 is 0 Å². The predicted molar refractivity (Wildman–Crippen MR) is 63.9 cm³/mol. The minimum absolute atomic E-state index is 0.442. The van der Waals surface area contributed by atoms with Crippen LogP contribution in [-0.4, -0.2) is 30.0 Å². The summed E-state index contributed by atoms with van der Waals surface area (Å²) in [6.07, 6.45) is 5.72. The predicted octanol–water partition coefficient (Wildman–Crippen LogP) is 1.87. The molecule has 0 radical (unpaired) electrons. The molecule has 1 saturated heterocycles. The third-order valence-electron chi connectivity index (χ3n) is 3.26. The largest absolute Gasteiger partial charge is 0.330 e. The molecule has 0 saturated carbocycles. The van der Waals surface area contributed by atoms with E-state index in [0.29, 0.717) is 12.0 Å². The Morgan fingerprint density at radius 2 is 2.47 bits per heavy atom. The summed E-state index contributed by atoms with van der Waals surface area (Å²) in [4.78, 5) is 6.87. The fourth-order valence-electron chi connectivity index (χ4n) is 2.44. The van der Waals surface area contributed by atoms with Gasteiger partial charge in [0.25, 0.3) is 0 Å². The van der Waals surface area contributed by atoms with Crippen LogP contribution in [0.25, 0.3) is 0 Å². The van der Waals surface area contributed by atoms with E-state index in [9.17, 15) is 0 Å². The Morgan fingerprint density at radius 1 is 1.60 bits per heavy atom. The molecule has 1 aromatic heterocycles. The van der Waals surface area contributed by atoms with Crippen molar-refractivity contribution < 1.29 is 0 Å². The Hall–Kier alpha value is -0.450. The summed E-state index contributed by atoms with van der Waals surface area (Å²) in [7, 11) is 2.19. The van der Waals surface area contributed by atoms with E-state index < -0.39 is 0 Å². The Balaban J connectivity index is 2.22. The topological polar surface area (TPSA) is 42.1 Å². The summed E-state index contributed by atoms with van der Waals surface area (Å²) in [6, 6.07) is 0.442. The molecule has 2 heterocycles. The van der Waals surface area contributed by atoms with Gasteiger partial charge in [0.2, 0.25) is 0 Å². The van der Waals surface area contributed by atoms with Crippen LogP contribution >= 0.6 is 11.3 Å². The van der Waals surface area contributed by atoms with Gasteiger partial charge in [-0.1, -0.05) is 6.42 Å². The second kappa shape index (κ2) is 5.05. The van der Waals surface area contributed by atoms with Crippen LogP contribution < -0.4 is 5.73 Å². The van der Waals surface area contributed by atoms with Gasteiger partial charge in [0.1, 0.15) is 5.01 Å². The van der Waals surface area contributed by atoms with Gasteiger partial charge in [-0.3, -0.25) is 4.90 Å². The van der Waals surface area contributed by atoms with E-state index in [1.54, 1.807) is 11.3 Å². The first-order valence-corrected chi connectivity index (χ1v) is 6.50. The first-order chi connectivity index (χ1) is 7.33. The summed E-state index contributed by atoms with van der Waals surface area (Å²) in [5.41, 5.74) is 5.88. The molecule has 15 heavy (non-hydrogen) atoms. The number of rotatable bonds is 2. The zero-order chi connectivity index (χ0) is 10.7. The first kappa shape index (κ1) is 11.0. The number of thiazole rings is 1. The van der Waals surface area contributed by atoms with Gasteiger partial charge in [0.05, 0.1) is 6.04 Å². The van der Waals surface area contributed by atoms with Crippen molar-refractivity contribution in [3.8, 4) is 0 Å². The van der Waals surface area contributed by atoms with Crippen LogP contribution in [0, 0.1) is 5.92 Å². The van der Waals surface area contributed by atoms with Crippen LogP contribution in [0.5, 0.6) is 0 Å². The van der Waals surface area contributed by atoms with Crippen molar-refractivity contribution in [3.05, 3.63) is 16.6 Å². The average Bonchev–Trinajstić information content (AvgIpc) is 2.69. The minimum Gasteiger partial charge on any atom is -0.330 e. The van der Waals surface area contributed by atoms with Crippen molar-refractivity contribution in [2.24, 2.45) is 11.7 Å². The molecule has 3 nitrogen and oxygen atoms in total. The summed E-state index contributed by atoms with van der Waals surface area (Å²) in [5.74, 6) is 0.573. The molecular weight excluding hydrogens is 206 g/mol. The molecule has 1 aromatic rings. The number of nitrogens with zero attached hydrogens (tertiary/aromatic N) is 2. The zero-order valence-corrected chi connectivity index (χ0v) is 10.0. The van der Waals surface area contributed by atoms with E-state index in [4.69, 9.17) is 5.73 Å². The number of likely N-dealkylation sites (tertiary alicyclic amines) is 1.